The fourth-order valence-electron chi connectivity index (χ4n) is 4.07. The Morgan fingerprint density at radius 3 is 2.36 bits per heavy atom. The third-order valence-corrected chi connectivity index (χ3v) is 6.80. The summed E-state index contributed by atoms with van der Waals surface area (Å²) in [5, 5.41) is 2.64. The Kier molecular flexibility index (Phi) is 9.25. The highest BCUT2D eigenvalue weighted by Gasteiger charge is 2.37. The molecule has 1 aromatic carbocycles. The standard InChI is InChI=1S/C19H29F3N2O2S.ClH/c1-4-24(18(27(3,25)26)16-8-10-23-11-9-16)14(2)12-15-6-5-7-17(13-15)19(20,21)22;/h5-7,13-14,16,18,23H,4,8-12H2,1-3H3;1H. The number of likely N-dealkylation sites (N-methyl/N-ethyl adjacent to an activating group) is 1. The van der Waals surface area contributed by atoms with Crippen molar-refractivity contribution in [2.45, 2.75) is 50.7 Å². The predicted molar refractivity (Wildman–Crippen MR) is 108 cm³/mol. The van der Waals surface area contributed by atoms with Gasteiger partial charge in [0.1, 0.15) is 5.37 Å². The molecule has 9 heteroatoms. The lowest BCUT2D eigenvalue weighted by atomic mass is 9.95. The maximum absolute atomic E-state index is 13.0. The lowest BCUT2D eigenvalue weighted by Gasteiger charge is -2.40. The van der Waals surface area contributed by atoms with Gasteiger partial charge in [0.2, 0.25) is 0 Å². The number of rotatable bonds is 7. The van der Waals surface area contributed by atoms with E-state index in [2.05, 4.69) is 5.32 Å². The van der Waals surface area contributed by atoms with E-state index in [1.807, 2.05) is 18.7 Å². The molecule has 1 aliphatic heterocycles. The smallest absolute Gasteiger partial charge is 0.317 e. The SMILES string of the molecule is CCN(C(C)Cc1cccc(C(F)(F)F)c1)C(C1CCNCC1)S(C)(=O)=O.Cl. The molecular formula is C19H30ClF3N2O2S. The van der Waals surface area contributed by atoms with Crippen LogP contribution in [0.2, 0.25) is 0 Å². The molecule has 0 radical (unpaired) electrons. The first kappa shape index (κ1) is 25.2. The van der Waals surface area contributed by atoms with Crippen molar-refractivity contribution < 1.29 is 21.6 Å². The molecule has 2 unspecified atom stereocenters. The van der Waals surface area contributed by atoms with Crippen molar-refractivity contribution in [3.05, 3.63) is 35.4 Å². The summed E-state index contributed by atoms with van der Waals surface area (Å²) >= 11 is 0. The zero-order valence-corrected chi connectivity index (χ0v) is 18.1. The normalized spacial score (nSPS) is 18.5. The fraction of sp³-hybridized carbons (Fsp3) is 0.684. The second kappa shape index (κ2) is 10.3. The molecule has 4 nitrogen and oxygen atoms in total. The van der Waals surface area contributed by atoms with Crippen LogP contribution in [0.1, 0.15) is 37.8 Å². The van der Waals surface area contributed by atoms with Crippen molar-refractivity contribution in [2.75, 3.05) is 25.9 Å². The molecule has 162 valence electrons. The molecular weight excluding hydrogens is 413 g/mol. The van der Waals surface area contributed by atoms with Crippen LogP contribution in [-0.4, -0.2) is 50.6 Å². The van der Waals surface area contributed by atoms with Gasteiger partial charge in [-0.15, -0.1) is 12.4 Å². The van der Waals surface area contributed by atoms with Crippen LogP contribution in [0.5, 0.6) is 0 Å². The van der Waals surface area contributed by atoms with E-state index in [4.69, 9.17) is 0 Å². The van der Waals surface area contributed by atoms with Gasteiger partial charge >= 0.3 is 6.18 Å². The van der Waals surface area contributed by atoms with E-state index in [9.17, 15) is 21.6 Å². The Labute approximate surface area is 172 Å². The molecule has 0 aliphatic carbocycles. The third kappa shape index (κ3) is 6.61. The highest BCUT2D eigenvalue weighted by atomic mass is 35.5. The number of hydrogen-bond acceptors (Lipinski definition) is 4. The molecule has 2 rings (SSSR count). The number of nitrogens with one attached hydrogen (secondary N) is 1. The highest BCUT2D eigenvalue weighted by molar-refractivity contribution is 7.91. The van der Waals surface area contributed by atoms with Gasteiger partial charge in [0.25, 0.3) is 0 Å². The predicted octanol–water partition coefficient (Wildman–Crippen LogP) is 3.75. The molecule has 1 aromatic rings. The number of piperidine rings is 1. The molecule has 0 bridgehead atoms. The molecule has 1 aliphatic rings. The summed E-state index contributed by atoms with van der Waals surface area (Å²) in [6.07, 6.45) is -1.18. The summed E-state index contributed by atoms with van der Waals surface area (Å²) in [4.78, 5) is 1.94. The summed E-state index contributed by atoms with van der Waals surface area (Å²) in [5.74, 6) is 0.0326. The molecule has 0 saturated carbocycles. The topological polar surface area (TPSA) is 49.4 Å². The van der Waals surface area contributed by atoms with Crippen LogP contribution >= 0.6 is 12.4 Å². The average molecular weight is 443 g/mol. The van der Waals surface area contributed by atoms with Gasteiger partial charge < -0.3 is 5.32 Å². The molecule has 1 heterocycles. The summed E-state index contributed by atoms with van der Waals surface area (Å²) in [5.41, 5.74) is -0.110. The van der Waals surface area contributed by atoms with E-state index < -0.39 is 27.0 Å². The van der Waals surface area contributed by atoms with Crippen molar-refractivity contribution in [3.63, 3.8) is 0 Å². The summed E-state index contributed by atoms with van der Waals surface area (Å²) in [6.45, 7) is 5.90. The fourth-order valence-corrected chi connectivity index (χ4v) is 5.89. The number of nitrogens with zero attached hydrogens (tertiary/aromatic N) is 1. The van der Waals surface area contributed by atoms with Gasteiger partial charge in [-0.05, 0) is 63.4 Å². The number of halogens is 4. The van der Waals surface area contributed by atoms with Crippen LogP contribution in [0.3, 0.4) is 0 Å². The minimum atomic E-state index is -4.38. The Bertz CT molecular complexity index is 722. The zero-order valence-electron chi connectivity index (χ0n) is 16.5. The van der Waals surface area contributed by atoms with Crippen LogP contribution in [0.25, 0.3) is 0 Å². The molecule has 0 amide bonds. The lowest BCUT2D eigenvalue weighted by molar-refractivity contribution is -0.137. The van der Waals surface area contributed by atoms with Gasteiger partial charge in [-0.2, -0.15) is 13.2 Å². The van der Waals surface area contributed by atoms with Crippen LogP contribution in [0, 0.1) is 5.92 Å². The van der Waals surface area contributed by atoms with E-state index in [0.717, 1.165) is 38.1 Å². The molecule has 1 saturated heterocycles. The van der Waals surface area contributed by atoms with Gasteiger partial charge in [0.05, 0.1) is 5.56 Å². The molecule has 0 spiro atoms. The molecule has 0 aromatic heterocycles. The molecule has 28 heavy (non-hydrogen) atoms. The summed E-state index contributed by atoms with van der Waals surface area (Å²) < 4.78 is 64.0. The van der Waals surface area contributed by atoms with Crippen molar-refractivity contribution in [1.29, 1.82) is 0 Å². The first-order valence-corrected chi connectivity index (χ1v) is 11.3. The van der Waals surface area contributed by atoms with E-state index >= 15 is 0 Å². The number of benzene rings is 1. The Morgan fingerprint density at radius 2 is 1.86 bits per heavy atom. The molecule has 1 fully saturated rings. The van der Waals surface area contributed by atoms with Crippen molar-refractivity contribution in [1.82, 2.24) is 10.2 Å². The van der Waals surface area contributed by atoms with Crippen LogP contribution in [-0.2, 0) is 22.4 Å². The van der Waals surface area contributed by atoms with Gasteiger partial charge in [0.15, 0.2) is 9.84 Å². The average Bonchev–Trinajstić information content (AvgIpc) is 2.58. The summed E-state index contributed by atoms with van der Waals surface area (Å²) in [6, 6.07) is 5.10. The maximum atomic E-state index is 13.0. The number of hydrogen-bond donors (Lipinski definition) is 1. The maximum Gasteiger partial charge on any atom is 0.416 e. The van der Waals surface area contributed by atoms with Gasteiger partial charge in [0, 0.05) is 12.3 Å². The van der Waals surface area contributed by atoms with E-state index in [-0.39, 0.29) is 24.4 Å². The van der Waals surface area contributed by atoms with Crippen LogP contribution in [0.15, 0.2) is 24.3 Å². The van der Waals surface area contributed by atoms with Crippen molar-refractivity contribution in [2.24, 2.45) is 5.92 Å². The Balaban J connectivity index is 0.00000392. The van der Waals surface area contributed by atoms with Crippen LogP contribution in [0.4, 0.5) is 13.2 Å². The quantitative estimate of drug-likeness (QED) is 0.698. The van der Waals surface area contributed by atoms with Gasteiger partial charge in [-0.1, -0.05) is 25.1 Å². The first-order chi connectivity index (χ1) is 12.5. The lowest BCUT2D eigenvalue weighted by Crippen LogP contribution is -2.52. The van der Waals surface area contributed by atoms with E-state index in [1.54, 1.807) is 6.07 Å². The van der Waals surface area contributed by atoms with E-state index in [0.29, 0.717) is 18.5 Å². The minimum absolute atomic E-state index is 0. The second-order valence-corrected chi connectivity index (χ2v) is 9.53. The Morgan fingerprint density at radius 1 is 1.25 bits per heavy atom. The first-order valence-electron chi connectivity index (χ1n) is 9.35. The number of sulfone groups is 1. The molecule has 2 atom stereocenters. The highest BCUT2D eigenvalue weighted by Crippen LogP contribution is 2.31. The van der Waals surface area contributed by atoms with Crippen molar-refractivity contribution >= 4 is 22.2 Å². The molecule has 1 N–H and O–H groups in total. The third-order valence-electron chi connectivity index (χ3n) is 5.27. The zero-order chi connectivity index (χ0) is 20.2. The van der Waals surface area contributed by atoms with Gasteiger partial charge in [-0.25, -0.2) is 8.42 Å². The van der Waals surface area contributed by atoms with Gasteiger partial charge in [-0.3, -0.25) is 4.90 Å². The Hall–Kier alpha value is -0.830. The minimum Gasteiger partial charge on any atom is -0.317 e. The van der Waals surface area contributed by atoms with Crippen molar-refractivity contribution in [3.8, 4) is 0 Å². The second-order valence-electron chi connectivity index (χ2n) is 7.39. The summed E-state index contributed by atoms with van der Waals surface area (Å²) in [7, 11) is -3.33. The monoisotopic (exact) mass is 442 g/mol. The van der Waals surface area contributed by atoms with E-state index in [1.165, 1.54) is 12.3 Å². The number of alkyl halides is 3. The largest absolute Gasteiger partial charge is 0.416 e. The van der Waals surface area contributed by atoms with Crippen LogP contribution < -0.4 is 5.32 Å².